The molecule has 1 aromatic rings. The van der Waals surface area contributed by atoms with Gasteiger partial charge in [0, 0.05) is 6.04 Å². The van der Waals surface area contributed by atoms with Gasteiger partial charge in [0.25, 0.3) is 0 Å². The van der Waals surface area contributed by atoms with Gasteiger partial charge in [-0.05, 0) is 98.3 Å². The largest absolute Gasteiger partial charge is 0.497 e. The van der Waals surface area contributed by atoms with Gasteiger partial charge in [-0.2, -0.15) is 0 Å². The number of aryl methyl sites for hydroxylation is 1. The molecular weight excluding hydrogens is 310 g/mol. The molecule has 5 aliphatic rings. The van der Waals surface area contributed by atoms with Crippen molar-refractivity contribution in [3.63, 3.8) is 0 Å². The molecule has 3 nitrogen and oxygen atoms in total. The molecule has 0 heterocycles. The maximum atomic E-state index is 13.2. The third kappa shape index (κ3) is 2.67. The third-order valence-electron chi connectivity index (χ3n) is 7.52. The first-order chi connectivity index (χ1) is 12.2. The van der Waals surface area contributed by atoms with Crippen molar-refractivity contribution in [1.29, 1.82) is 0 Å². The van der Waals surface area contributed by atoms with Crippen LogP contribution in [0.5, 0.6) is 5.75 Å². The molecule has 4 saturated carbocycles. The maximum absolute atomic E-state index is 13.2. The second-order valence-corrected chi connectivity index (χ2v) is 8.97. The van der Waals surface area contributed by atoms with Gasteiger partial charge < -0.3 is 10.1 Å². The topological polar surface area (TPSA) is 38.3 Å². The van der Waals surface area contributed by atoms with Crippen molar-refractivity contribution in [2.24, 2.45) is 23.7 Å². The SMILES string of the molecule is COc1ccc2c(c1)CCCC2C(=O)NC1C2CC3CC(C2)CC1C3. The molecule has 1 unspecified atom stereocenters. The first-order valence-electron chi connectivity index (χ1n) is 10.2. The van der Waals surface area contributed by atoms with Gasteiger partial charge in [0.05, 0.1) is 13.0 Å². The van der Waals surface area contributed by atoms with Gasteiger partial charge in [0.1, 0.15) is 5.75 Å². The smallest absolute Gasteiger partial charge is 0.227 e. The average molecular weight is 339 g/mol. The van der Waals surface area contributed by atoms with Crippen LogP contribution in [0.1, 0.15) is 62.0 Å². The van der Waals surface area contributed by atoms with Crippen LogP contribution in [-0.4, -0.2) is 19.1 Å². The van der Waals surface area contributed by atoms with E-state index in [1.807, 2.05) is 6.07 Å². The van der Waals surface area contributed by atoms with E-state index in [1.54, 1.807) is 7.11 Å². The number of carbonyl (C=O) groups excluding carboxylic acids is 1. The summed E-state index contributed by atoms with van der Waals surface area (Å²) >= 11 is 0. The standard InChI is InChI=1S/C22H29NO2/c1-25-18-5-6-19-15(12-18)3-2-4-20(19)22(24)23-21-16-8-13-7-14(10-16)11-17(21)9-13/h5-6,12-14,16-17,20-21H,2-4,7-11H2,1H3,(H,23,24). The van der Waals surface area contributed by atoms with Crippen LogP contribution < -0.4 is 10.1 Å². The lowest BCUT2D eigenvalue weighted by Crippen LogP contribution is -2.56. The molecule has 1 N–H and O–H groups in total. The number of fused-ring (bicyclic) bond motifs is 1. The Morgan fingerprint density at radius 1 is 1.08 bits per heavy atom. The van der Waals surface area contributed by atoms with Crippen LogP contribution in [0.25, 0.3) is 0 Å². The molecule has 1 atom stereocenters. The van der Waals surface area contributed by atoms with E-state index in [9.17, 15) is 4.79 Å². The van der Waals surface area contributed by atoms with Crippen LogP contribution in [0, 0.1) is 23.7 Å². The van der Waals surface area contributed by atoms with Crippen LogP contribution in [0.15, 0.2) is 18.2 Å². The summed E-state index contributed by atoms with van der Waals surface area (Å²) in [6.45, 7) is 0. The number of carbonyl (C=O) groups is 1. The summed E-state index contributed by atoms with van der Waals surface area (Å²) < 4.78 is 5.36. The predicted molar refractivity (Wildman–Crippen MR) is 97.6 cm³/mol. The number of rotatable bonds is 3. The summed E-state index contributed by atoms with van der Waals surface area (Å²) in [5.74, 6) is 4.63. The molecule has 4 fully saturated rings. The van der Waals surface area contributed by atoms with E-state index in [1.165, 1.54) is 43.2 Å². The zero-order valence-corrected chi connectivity index (χ0v) is 15.2. The molecular formula is C22H29NO2. The van der Waals surface area contributed by atoms with Gasteiger partial charge in [0.2, 0.25) is 5.91 Å². The first-order valence-corrected chi connectivity index (χ1v) is 10.2. The molecule has 0 aromatic heterocycles. The number of hydrogen-bond acceptors (Lipinski definition) is 2. The number of ether oxygens (including phenoxy) is 1. The molecule has 6 rings (SSSR count). The number of amides is 1. The Hall–Kier alpha value is -1.51. The Morgan fingerprint density at radius 3 is 2.48 bits per heavy atom. The summed E-state index contributed by atoms with van der Waals surface area (Å²) in [4.78, 5) is 13.2. The van der Waals surface area contributed by atoms with Crippen molar-refractivity contribution < 1.29 is 9.53 Å². The molecule has 134 valence electrons. The Balaban J connectivity index is 1.34. The fourth-order valence-corrected chi connectivity index (χ4v) is 6.62. The molecule has 0 aliphatic heterocycles. The molecule has 1 aromatic carbocycles. The lowest BCUT2D eigenvalue weighted by molar-refractivity contribution is -0.126. The lowest BCUT2D eigenvalue weighted by Gasteiger charge is -2.54. The fraction of sp³-hybridized carbons (Fsp3) is 0.682. The van der Waals surface area contributed by atoms with E-state index in [0.717, 1.165) is 48.7 Å². The van der Waals surface area contributed by atoms with Crippen molar-refractivity contribution >= 4 is 5.91 Å². The van der Waals surface area contributed by atoms with E-state index in [4.69, 9.17) is 4.74 Å². The van der Waals surface area contributed by atoms with Gasteiger partial charge in [-0.25, -0.2) is 0 Å². The Kier molecular flexibility index (Phi) is 3.79. The van der Waals surface area contributed by atoms with Crippen molar-refractivity contribution in [2.45, 2.75) is 63.3 Å². The van der Waals surface area contributed by atoms with Crippen LogP contribution in [0.3, 0.4) is 0 Å². The van der Waals surface area contributed by atoms with Gasteiger partial charge >= 0.3 is 0 Å². The number of benzene rings is 1. The predicted octanol–water partition coefficient (Wildman–Crippen LogP) is 4.06. The van der Waals surface area contributed by atoms with Crippen LogP contribution >= 0.6 is 0 Å². The molecule has 4 bridgehead atoms. The van der Waals surface area contributed by atoms with Crippen molar-refractivity contribution in [3.8, 4) is 5.75 Å². The van der Waals surface area contributed by atoms with Crippen LogP contribution in [0.2, 0.25) is 0 Å². The third-order valence-corrected chi connectivity index (χ3v) is 7.52. The minimum Gasteiger partial charge on any atom is -0.497 e. The Morgan fingerprint density at radius 2 is 1.80 bits per heavy atom. The lowest BCUT2D eigenvalue weighted by atomic mass is 9.54. The highest BCUT2D eigenvalue weighted by molar-refractivity contribution is 5.84. The van der Waals surface area contributed by atoms with Crippen molar-refractivity contribution in [3.05, 3.63) is 29.3 Å². The summed E-state index contributed by atoms with van der Waals surface area (Å²) in [6, 6.07) is 6.70. The second-order valence-electron chi connectivity index (χ2n) is 8.97. The highest BCUT2D eigenvalue weighted by Crippen LogP contribution is 2.53. The minimum atomic E-state index is 0.0341. The van der Waals surface area contributed by atoms with Gasteiger partial charge in [0.15, 0.2) is 0 Å². The van der Waals surface area contributed by atoms with E-state index in [0.29, 0.717) is 6.04 Å². The summed E-state index contributed by atoms with van der Waals surface area (Å²) in [5, 5.41) is 3.53. The summed E-state index contributed by atoms with van der Waals surface area (Å²) in [7, 11) is 1.71. The van der Waals surface area contributed by atoms with Crippen molar-refractivity contribution in [2.75, 3.05) is 7.11 Å². The fourth-order valence-electron chi connectivity index (χ4n) is 6.62. The van der Waals surface area contributed by atoms with Crippen molar-refractivity contribution in [1.82, 2.24) is 5.32 Å². The molecule has 3 heteroatoms. The monoisotopic (exact) mass is 339 g/mol. The highest BCUT2D eigenvalue weighted by atomic mass is 16.5. The number of hydrogen-bond donors (Lipinski definition) is 1. The molecule has 0 saturated heterocycles. The molecule has 25 heavy (non-hydrogen) atoms. The quantitative estimate of drug-likeness (QED) is 0.902. The van der Waals surface area contributed by atoms with Gasteiger partial charge in [-0.15, -0.1) is 0 Å². The molecule has 0 spiro atoms. The van der Waals surface area contributed by atoms with Crippen LogP contribution in [-0.2, 0) is 11.2 Å². The summed E-state index contributed by atoms with van der Waals surface area (Å²) in [5.41, 5.74) is 2.53. The molecule has 0 radical (unpaired) electrons. The number of methoxy groups -OCH3 is 1. The van der Waals surface area contributed by atoms with Crippen LogP contribution in [0.4, 0.5) is 0 Å². The van der Waals surface area contributed by atoms with E-state index in [2.05, 4.69) is 17.4 Å². The zero-order valence-electron chi connectivity index (χ0n) is 15.2. The van der Waals surface area contributed by atoms with Gasteiger partial charge in [-0.1, -0.05) is 6.07 Å². The molecule has 1 amide bonds. The minimum absolute atomic E-state index is 0.0341. The average Bonchev–Trinajstić information content (AvgIpc) is 2.63. The number of nitrogens with one attached hydrogen (secondary N) is 1. The van der Waals surface area contributed by atoms with E-state index in [-0.39, 0.29) is 11.8 Å². The normalized spacial score (nSPS) is 38.3. The Labute approximate surface area is 150 Å². The highest BCUT2D eigenvalue weighted by Gasteiger charge is 2.49. The first kappa shape index (κ1) is 15.7. The maximum Gasteiger partial charge on any atom is 0.227 e. The van der Waals surface area contributed by atoms with E-state index < -0.39 is 0 Å². The van der Waals surface area contributed by atoms with Gasteiger partial charge in [-0.3, -0.25) is 4.79 Å². The summed E-state index contributed by atoms with van der Waals surface area (Å²) in [6.07, 6.45) is 10.0. The Bertz CT molecular complexity index is 655. The second kappa shape index (κ2) is 6.03. The zero-order chi connectivity index (χ0) is 17.0. The van der Waals surface area contributed by atoms with E-state index >= 15 is 0 Å². The molecule has 5 aliphatic carbocycles.